The van der Waals surface area contributed by atoms with Crippen molar-refractivity contribution in [3.05, 3.63) is 71.8 Å². The zero-order valence-corrected chi connectivity index (χ0v) is 27.0. The molecule has 0 N–H and O–H groups in total. The van der Waals surface area contributed by atoms with E-state index in [1.807, 2.05) is 116 Å². The monoisotopic (exact) mass is 596 g/mol. The van der Waals surface area contributed by atoms with Crippen molar-refractivity contribution in [1.29, 1.82) is 0 Å². The number of nitrogens with zero attached hydrogens (tertiary/aromatic N) is 3. The third-order valence-electron chi connectivity index (χ3n) is 8.10. The molecule has 0 saturated carbocycles. The Kier molecular flexibility index (Phi) is 9.34. The maximum absolute atomic E-state index is 13.6. The van der Waals surface area contributed by atoms with Crippen LogP contribution < -0.4 is 0 Å². The number of benzene rings is 2. The molecule has 0 aliphatic carbocycles. The molecule has 0 bridgehead atoms. The van der Waals surface area contributed by atoms with E-state index in [1.54, 1.807) is 9.80 Å². The van der Waals surface area contributed by atoms with Gasteiger partial charge in [-0.05, 0) is 66.5 Å². The van der Waals surface area contributed by atoms with Crippen LogP contribution in [0.15, 0.2) is 60.7 Å². The zero-order valence-electron chi connectivity index (χ0n) is 28.0. The van der Waals surface area contributed by atoms with Crippen LogP contribution in [0.4, 0.5) is 9.59 Å². The molecule has 2 amide bonds. The van der Waals surface area contributed by atoms with Gasteiger partial charge >= 0.3 is 12.2 Å². The third kappa shape index (κ3) is 7.88. The van der Waals surface area contributed by atoms with E-state index in [2.05, 4.69) is 4.90 Å². The van der Waals surface area contributed by atoms with Crippen LogP contribution >= 0.6 is 0 Å². The zero-order chi connectivity index (χ0) is 32.3. The van der Waals surface area contributed by atoms with Crippen LogP contribution in [0.5, 0.6) is 0 Å². The van der Waals surface area contributed by atoms with Gasteiger partial charge in [0.1, 0.15) is 18.0 Å². The van der Waals surface area contributed by atoms with E-state index in [9.17, 15) is 11.0 Å². The molecule has 2 aromatic carbocycles. The quantitative estimate of drug-likeness (QED) is 0.313. The minimum absolute atomic E-state index is 0.0307. The lowest BCUT2D eigenvalue weighted by molar-refractivity contribution is -0.0589. The van der Waals surface area contributed by atoms with Crippen LogP contribution in [-0.2, 0) is 32.0 Å². The Morgan fingerprint density at radius 1 is 0.767 bits per heavy atom. The van der Waals surface area contributed by atoms with Gasteiger partial charge in [0, 0.05) is 25.6 Å². The SMILES string of the molecule is [2H][C@H](OC(=O)N1C(C)(C)COC1(C)C)[C@H](CCOC(=O)N1C(C)(C)COC1(C)C)N(Cc1ccccc1)Cc1ccccc1. The Labute approximate surface area is 258 Å². The second kappa shape index (κ2) is 12.8. The molecule has 236 valence electrons. The van der Waals surface area contributed by atoms with Crippen LogP contribution in [0.2, 0.25) is 0 Å². The summed E-state index contributed by atoms with van der Waals surface area (Å²) >= 11 is 0. The molecule has 0 spiro atoms. The van der Waals surface area contributed by atoms with Gasteiger partial charge in [0.25, 0.3) is 0 Å². The number of hydrogen-bond donors (Lipinski definition) is 0. The molecule has 2 aliphatic rings. The first kappa shape index (κ1) is 31.3. The largest absolute Gasteiger partial charge is 0.449 e. The molecule has 0 radical (unpaired) electrons. The highest BCUT2D eigenvalue weighted by Gasteiger charge is 2.51. The third-order valence-corrected chi connectivity index (χ3v) is 8.10. The lowest BCUT2D eigenvalue weighted by Crippen LogP contribution is -2.53. The Morgan fingerprint density at radius 3 is 1.58 bits per heavy atom. The Hall–Kier alpha value is -3.14. The van der Waals surface area contributed by atoms with Gasteiger partial charge in [-0.1, -0.05) is 60.7 Å². The van der Waals surface area contributed by atoms with Crippen molar-refractivity contribution in [2.75, 3.05) is 26.4 Å². The summed E-state index contributed by atoms with van der Waals surface area (Å²) in [5.41, 5.74) is -0.712. The van der Waals surface area contributed by atoms with Crippen LogP contribution in [0.25, 0.3) is 0 Å². The fourth-order valence-corrected chi connectivity index (χ4v) is 6.14. The fraction of sp³-hybridized carbons (Fsp3) is 0.588. The summed E-state index contributed by atoms with van der Waals surface area (Å²) in [4.78, 5) is 32.2. The molecule has 9 nitrogen and oxygen atoms in total. The van der Waals surface area contributed by atoms with E-state index in [0.717, 1.165) is 11.1 Å². The van der Waals surface area contributed by atoms with Gasteiger partial charge in [-0.2, -0.15) is 0 Å². The first-order chi connectivity index (χ1) is 20.5. The lowest BCUT2D eigenvalue weighted by Gasteiger charge is -2.38. The summed E-state index contributed by atoms with van der Waals surface area (Å²) in [7, 11) is 0. The van der Waals surface area contributed by atoms with Crippen LogP contribution in [0.1, 0.15) is 74.3 Å². The fourth-order valence-electron chi connectivity index (χ4n) is 6.14. The van der Waals surface area contributed by atoms with Crippen molar-refractivity contribution in [1.82, 2.24) is 14.7 Å². The van der Waals surface area contributed by atoms with Crippen molar-refractivity contribution in [2.45, 2.75) is 103 Å². The molecular formula is C34H49N3O6. The van der Waals surface area contributed by atoms with E-state index in [-0.39, 0.29) is 13.0 Å². The number of carbonyl (C=O) groups excluding carboxylic acids is 2. The number of amides is 2. The average molecular weight is 597 g/mol. The summed E-state index contributed by atoms with van der Waals surface area (Å²) in [6, 6.07) is 19.4. The molecule has 2 fully saturated rings. The van der Waals surface area contributed by atoms with Crippen molar-refractivity contribution < 1.29 is 29.9 Å². The second-order valence-corrected chi connectivity index (χ2v) is 13.6. The number of carbonyl (C=O) groups is 2. The normalized spacial score (nSPS) is 21.7. The number of ether oxygens (including phenoxy) is 4. The minimum Gasteiger partial charge on any atom is -0.449 e. The summed E-state index contributed by atoms with van der Waals surface area (Å²) in [5, 5.41) is 0. The van der Waals surface area contributed by atoms with E-state index in [0.29, 0.717) is 26.3 Å². The highest BCUT2D eigenvalue weighted by atomic mass is 16.6. The first-order valence-corrected chi connectivity index (χ1v) is 15.0. The maximum Gasteiger partial charge on any atom is 0.412 e. The molecule has 0 unspecified atom stereocenters. The first-order valence-electron chi connectivity index (χ1n) is 15.6. The van der Waals surface area contributed by atoms with E-state index >= 15 is 0 Å². The highest BCUT2D eigenvalue weighted by molar-refractivity contribution is 5.70. The molecule has 9 heteroatoms. The van der Waals surface area contributed by atoms with Crippen LogP contribution in [0, 0.1) is 0 Å². The van der Waals surface area contributed by atoms with Crippen molar-refractivity contribution in [3.63, 3.8) is 0 Å². The molecule has 0 aromatic heterocycles. The minimum atomic E-state index is -1.27. The topological polar surface area (TPSA) is 80.8 Å². The maximum atomic E-state index is 13.6. The van der Waals surface area contributed by atoms with Gasteiger partial charge in [-0.25, -0.2) is 9.59 Å². The van der Waals surface area contributed by atoms with Gasteiger partial charge in [0.15, 0.2) is 0 Å². The molecule has 2 aromatic rings. The molecule has 2 heterocycles. The van der Waals surface area contributed by atoms with E-state index in [1.165, 1.54) is 0 Å². The summed E-state index contributed by atoms with van der Waals surface area (Å²) in [6.07, 6.45) is -0.826. The van der Waals surface area contributed by atoms with Gasteiger partial charge in [-0.15, -0.1) is 0 Å². The standard InChI is InChI=1S/C34H49N3O6/c1-31(2)24-42-33(5,6)36(31)29(38)40-20-19-28(23-41-30(39)37-32(3,4)25-43-34(37,7)8)35(21-26-15-11-9-12-16-26)22-27-17-13-10-14-18-27/h9-18,28H,19-25H2,1-8H3/t28-/m0/s1/i23D/t23-,28-. The van der Waals surface area contributed by atoms with E-state index in [4.69, 9.17) is 18.9 Å². The molecular weight excluding hydrogens is 546 g/mol. The number of hydrogen-bond acceptors (Lipinski definition) is 7. The summed E-state index contributed by atoms with van der Waals surface area (Å²) < 4.78 is 32.7. The Morgan fingerprint density at radius 2 is 1.19 bits per heavy atom. The Bertz CT molecular complexity index is 1200. The molecule has 2 saturated heterocycles. The predicted octanol–water partition coefficient (Wildman–Crippen LogP) is 6.41. The average Bonchev–Trinajstić information content (AvgIpc) is 3.31. The molecule has 2 atom stereocenters. The van der Waals surface area contributed by atoms with Gasteiger partial charge < -0.3 is 18.9 Å². The summed E-state index contributed by atoms with van der Waals surface area (Å²) in [5.74, 6) is 0. The number of rotatable bonds is 10. The van der Waals surface area contributed by atoms with Crippen LogP contribution in [0.3, 0.4) is 0 Å². The smallest absolute Gasteiger partial charge is 0.412 e. The Balaban J connectivity index is 1.59. The lowest BCUT2D eigenvalue weighted by atomic mass is 10.0. The predicted molar refractivity (Wildman–Crippen MR) is 165 cm³/mol. The van der Waals surface area contributed by atoms with Gasteiger partial charge in [-0.3, -0.25) is 14.7 Å². The van der Waals surface area contributed by atoms with Gasteiger partial charge in [0.2, 0.25) is 0 Å². The highest BCUT2D eigenvalue weighted by Crippen LogP contribution is 2.36. The molecule has 4 rings (SSSR count). The van der Waals surface area contributed by atoms with Gasteiger partial charge in [0.05, 0.1) is 32.3 Å². The molecule has 2 aliphatic heterocycles. The summed E-state index contributed by atoms with van der Waals surface area (Å²) in [6.45, 7) is 15.6. The van der Waals surface area contributed by atoms with Crippen molar-refractivity contribution >= 4 is 12.2 Å². The molecule has 43 heavy (non-hydrogen) atoms. The van der Waals surface area contributed by atoms with Crippen molar-refractivity contribution in [3.8, 4) is 0 Å². The second-order valence-electron chi connectivity index (χ2n) is 13.6. The van der Waals surface area contributed by atoms with Crippen LogP contribution in [-0.4, -0.2) is 81.9 Å². The van der Waals surface area contributed by atoms with Crippen molar-refractivity contribution in [2.24, 2.45) is 0 Å². The van der Waals surface area contributed by atoms with E-state index < -0.39 is 47.3 Å².